The molecule has 7 nitrogen and oxygen atoms in total. The minimum Gasteiger partial charge on any atom is -0.382 e. The highest BCUT2D eigenvalue weighted by atomic mass is 16.3. The first kappa shape index (κ1) is 16.7. The topological polar surface area (TPSA) is 80.0 Å². The molecule has 1 saturated heterocycles. The molecule has 2 aromatic heterocycles. The molecule has 7 heteroatoms. The maximum Gasteiger partial charge on any atom is 0.225 e. The Bertz CT molecular complexity index is 814. The highest BCUT2D eigenvalue weighted by molar-refractivity contribution is 5.28. The molecule has 0 spiro atoms. The number of anilines is 1. The van der Waals surface area contributed by atoms with Crippen molar-refractivity contribution in [2.45, 2.75) is 25.5 Å². The van der Waals surface area contributed by atoms with Crippen LogP contribution in [0.2, 0.25) is 0 Å². The van der Waals surface area contributed by atoms with Crippen LogP contribution < -0.4 is 4.90 Å². The summed E-state index contributed by atoms with van der Waals surface area (Å²) in [7, 11) is 0. The van der Waals surface area contributed by atoms with Gasteiger partial charge in [-0.25, -0.2) is 9.97 Å². The van der Waals surface area contributed by atoms with E-state index in [2.05, 4.69) is 25.2 Å². The maximum absolute atomic E-state index is 10.4. The first-order valence-electron chi connectivity index (χ1n) is 8.94. The van der Waals surface area contributed by atoms with Crippen LogP contribution in [0.1, 0.15) is 30.2 Å². The molecule has 3 heterocycles. The van der Waals surface area contributed by atoms with Crippen LogP contribution in [0.25, 0.3) is 0 Å². The number of piperidine rings is 1. The molecule has 1 N–H and O–H groups in total. The Kier molecular flexibility index (Phi) is 4.88. The van der Waals surface area contributed by atoms with E-state index in [0.29, 0.717) is 11.6 Å². The van der Waals surface area contributed by atoms with Crippen LogP contribution in [-0.2, 0) is 6.54 Å². The van der Waals surface area contributed by atoms with Gasteiger partial charge in [-0.2, -0.15) is 0 Å². The minimum atomic E-state index is -0.734. The molecule has 1 aromatic carbocycles. The third kappa shape index (κ3) is 3.72. The van der Waals surface area contributed by atoms with E-state index in [1.54, 1.807) is 12.4 Å². The van der Waals surface area contributed by atoms with Crippen molar-refractivity contribution in [3.05, 3.63) is 66.2 Å². The quantitative estimate of drug-likeness (QED) is 0.759. The molecule has 1 fully saturated rings. The maximum atomic E-state index is 10.4. The lowest BCUT2D eigenvalue weighted by Gasteiger charge is -2.31. The fourth-order valence-corrected chi connectivity index (χ4v) is 3.37. The number of hydrogen-bond acceptors (Lipinski definition) is 6. The summed E-state index contributed by atoms with van der Waals surface area (Å²) < 4.78 is 1.85. The molecule has 134 valence electrons. The normalized spacial score (nSPS) is 16.6. The summed E-state index contributed by atoms with van der Waals surface area (Å²) in [6.07, 6.45) is 6.81. The Morgan fingerprint density at radius 1 is 1.04 bits per heavy atom. The highest BCUT2D eigenvalue weighted by Gasteiger charge is 2.22. The Balaban J connectivity index is 1.34. The van der Waals surface area contributed by atoms with Gasteiger partial charge in [0.2, 0.25) is 5.95 Å². The van der Waals surface area contributed by atoms with Crippen molar-refractivity contribution < 1.29 is 5.11 Å². The number of hydrogen-bond donors (Lipinski definition) is 1. The molecule has 0 aliphatic carbocycles. The van der Waals surface area contributed by atoms with Gasteiger partial charge >= 0.3 is 0 Å². The molecular formula is C19H22N6O. The second-order valence-electron chi connectivity index (χ2n) is 6.66. The van der Waals surface area contributed by atoms with Crippen LogP contribution in [0, 0.1) is 5.92 Å². The van der Waals surface area contributed by atoms with Crippen molar-refractivity contribution in [2.24, 2.45) is 5.92 Å². The summed E-state index contributed by atoms with van der Waals surface area (Å²) in [5, 5.41) is 18.8. The van der Waals surface area contributed by atoms with E-state index in [0.717, 1.165) is 44.0 Å². The van der Waals surface area contributed by atoms with Gasteiger partial charge in [-0.1, -0.05) is 35.5 Å². The molecule has 1 aliphatic rings. The molecule has 1 aliphatic heterocycles. The number of benzene rings is 1. The molecule has 4 rings (SSSR count). The van der Waals surface area contributed by atoms with Gasteiger partial charge in [-0.3, -0.25) is 4.68 Å². The van der Waals surface area contributed by atoms with Crippen LogP contribution >= 0.6 is 0 Å². The summed E-state index contributed by atoms with van der Waals surface area (Å²) in [6.45, 7) is 2.71. The number of aliphatic hydroxyl groups excluding tert-OH is 1. The smallest absolute Gasteiger partial charge is 0.225 e. The van der Waals surface area contributed by atoms with E-state index in [-0.39, 0.29) is 0 Å². The molecular weight excluding hydrogens is 328 g/mol. The average molecular weight is 350 g/mol. The highest BCUT2D eigenvalue weighted by Crippen LogP contribution is 2.23. The van der Waals surface area contributed by atoms with Crippen molar-refractivity contribution in [3.8, 4) is 0 Å². The van der Waals surface area contributed by atoms with Crippen LogP contribution in [0.15, 0.2) is 55.0 Å². The zero-order valence-corrected chi connectivity index (χ0v) is 14.5. The summed E-state index contributed by atoms with van der Waals surface area (Å²) >= 11 is 0. The molecule has 1 atom stereocenters. The van der Waals surface area contributed by atoms with E-state index in [4.69, 9.17) is 0 Å². The van der Waals surface area contributed by atoms with Crippen LogP contribution in [-0.4, -0.2) is 43.2 Å². The fourth-order valence-electron chi connectivity index (χ4n) is 3.37. The lowest BCUT2D eigenvalue weighted by Crippen LogP contribution is -2.36. The minimum absolute atomic E-state index is 0.540. The van der Waals surface area contributed by atoms with Crippen LogP contribution in [0.4, 0.5) is 5.95 Å². The summed E-state index contributed by atoms with van der Waals surface area (Å²) in [6, 6.07) is 11.4. The molecule has 0 bridgehead atoms. The van der Waals surface area contributed by atoms with E-state index < -0.39 is 6.10 Å². The fraction of sp³-hybridized carbons (Fsp3) is 0.368. The summed E-state index contributed by atoms with van der Waals surface area (Å²) in [5.74, 6) is 1.35. The predicted octanol–water partition coefficient (Wildman–Crippen LogP) is 2.07. The third-order valence-electron chi connectivity index (χ3n) is 4.85. The van der Waals surface area contributed by atoms with Gasteiger partial charge in [0.1, 0.15) is 11.8 Å². The van der Waals surface area contributed by atoms with Crippen molar-refractivity contribution in [3.63, 3.8) is 0 Å². The Morgan fingerprint density at radius 3 is 2.50 bits per heavy atom. The Hall–Kier alpha value is -2.80. The van der Waals surface area contributed by atoms with E-state index in [1.165, 1.54) is 0 Å². The Morgan fingerprint density at radius 2 is 1.77 bits per heavy atom. The van der Waals surface area contributed by atoms with Gasteiger partial charge in [-0.15, -0.1) is 5.10 Å². The molecule has 0 saturated carbocycles. The van der Waals surface area contributed by atoms with Gasteiger partial charge in [0.15, 0.2) is 0 Å². The SMILES string of the molecule is O[C@H](c1ccccc1)c1cn(CC2CCN(c3ncccn3)CC2)nn1. The number of rotatable bonds is 5. The van der Waals surface area contributed by atoms with Crippen LogP contribution in [0.5, 0.6) is 0 Å². The van der Waals surface area contributed by atoms with E-state index >= 15 is 0 Å². The monoisotopic (exact) mass is 350 g/mol. The van der Waals surface area contributed by atoms with Gasteiger partial charge in [0, 0.05) is 32.0 Å². The second kappa shape index (κ2) is 7.61. The average Bonchev–Trinajstić information content (AvgIpc) is 3.18. The van der Waals surface area contributed by atoms with Gasteiger partial charge in [0.25, 0.3) is 0 Å². The predicted molar refractivity (Wildman–Crippen MR) is 97.5 cm³/mol. The molecule has 0 amide bonds. The Labute approximate surface area is 152 Å². The first-order valence-corrected chi connectivity index (χ1v) is 8.94. The lowest BCUT2D eigenvalue weighted by atomic mass is 9.97. The van der Waals surface area contributed by atoms with Gasteiger partial charge in [-0.05, 0) is 30.4 Å². The summed E-state index contributed by atoms with van der Waals surface area (Å²) in [5.41, 5.74) is 1.42. The second-order valence-corrected chi connectivity index (χ2v) is 6.66. The zero-order chi connectivity index (χ0) is 17.8. The number of nitrogens with zero attached hydrogens (tertiary/aromatic N) is 6. The molecule has 26 heavy (non-hydrogen) atoms. The third-order valence-corrected chi connectivity index (χ3v) is 4.85. The molecule has 3 aromatic rings. The van der Waals surface area contributed by atoms with Gasteiger partial charge < -0.3 is 10.0 Å². The van der Waals surface area contributed by atoms with Crippen molar-refractivity contribution >= 4 is 5.95 Å². The number of aromatic nitrogens is 5. The standard InChI is InChI=1S/C19H22N6O/c26-18(16-5-2-1-3-6-16)17-14-25(23-22-17)13-15-7-11-24(12-8-15)19-20-9-4-10-21-19/h1-6,9-10,14-15,18,26H,7-8,11-13H2/t18-/m1/s1. The van der Waals surface area contributed by atoms with Gasteiger partial charge in [0.05, 0.1) is 6.20 Å². The summed E-state index contributed by atoms with van der Waals surface area (Å²) in [4.78, 5) is 10.9. The van der Waals surface area contributed by atoms with Crippen molar-refractivity contribution in [1.82, 2.24) is 25.0 Å². The first-order chi connectivity index (χ1) is 12.8. The zero-order valence-electron chi connectivity index (χ0n) is 14.5. The van der Waals surface area contributed by atoms with E-state index in [1.807, 2.05) is 47.3 Å². The molecule has 0 unspecified atom stereocenters. The van der Waals surface area contributed by atoms with Crippen molar-refractivity contribution in [1.29, 1.82) is 0 Å². The number of aliphatic hydroxyl groups is 1. The van der Waals surface area contributed by atoms with Crippen LogP contribution in [0.3, 0.4) is 0 Å². The van der Waals surface area contributed by atoms with Crippen molar-refractivity contribution in [2.75, 3.05) is 18.0 Å². The lowest BCUT2D eigenvalue weighted by molar-refractivity contribution is 0.215. The van der Waals surface area contributed by atoms with E-state index in [9.17, 15) is 5.11 Å². The largest absolute Gasteiger partial charge is 0.382 e. The molecule has 0 radical (unpaired) electrons.